The molecule has 0 aliphatic carbocycles. The molecule has 2 nitrogen and oxygen atoms in total. The van der Waals surface area contributed by atoms with Gasteiger partial charge in [0.2, 0.25) is 0 Å². The van der Waals surface area contributed by atoms with Gasteiger partial charge in [-0.25, -0.2) is 4.79 Å². The van der Waals surface area contributed by atoms with Crippen molar-refractivity contribution < 1.29 is 9.53 Å². The van der Waals surface area contributed by atoms with Crippen molar-refractivity contribution in [1.82, 2.24) is 0 Å². The fourth-order valence-electron chi connectivity index (χ4n) is 2.88. The molecular formula is C20H38Cl2O2Si. The summed E-state index contributed by atoms with van der Waals surface area (Å²) in [6.45, 7) is 2.38. The first-order chi connectivity index (χ1) is 12.2. The number of alkyl halides is 2. The SMILES string of the molecule is CC=CC(=O)OCCCCCCCCCCCCCCC[SiH2]C(Cl)Cl. The summed E-state index contributed by atoms with van der Waals surface area (Å²) in [5, 5.41) is 0. The third-order valence-corrected chi connectivity index (χ3v) is 7.02. The van der Waals surface area contributed by atoms with Crippen LogP contribution in [-0.2, 0) is 9.53 Å². The maximum absolute atomic E-state index is 11.1. The molecule has 0 heterocycles. The molecule has 0 aliphatic heterocycles. The van der Waals surface area contributed by atoms with Crippen molar-refractivity contribution in [3.05, 3.63) is 12.2 Å². The van der Waals surface area contributed by atoms with Crippen molar-refractivity contribution in [3.8, 4) is 0 Å². The van der Waals surface area contributed by atoms with Crippen LogP contribution >= 0.6 is 23.2 Å². The molecule has 148 valence electrons. The van der Waals surface area contributed by atoms with Crippen molar-refractivity contribution in [3.63, 3.8) is 0 Å². The van der Waals surface area contributed by atoms with Crippen molar-refractivity contribution in [2.75, 3.05) is 6.61 Å². The number of carbonyl (C=O) groups excluding carboxylic acids is 1. The molecule has 0 atom stereocenters. The van der Waals surface area contributed by atoms with E-state index in [2.05, 4.69) is 0 Å². The van der Waals surface area contributed by atoms with Gasteiger partial charge in [0.1, 0.15) is 0 Å². The molecule has 0 unspecified atom stereocenters. The van der Waals surface area contributed by atoms with E-state index in [1.165, 1.54) is 89.2 Å². The van der Waals surface area contributed by atoms with Gasteiger partial charge in [-0.2, -0.15) is 0 Å². The lowest BCUT2D eigenvalue weighted by Crippen LogP contribution is -2.01. The number of allylic oxidation sites excluding steroid dienone is 1. The van der Waals surface area contributed by atoms with E-state index in [0.29, 0.717) is 6.61 Å². The number of unbranched alkanes of at least 4 members (excludes halogenated alkanes) is 12. The Bertz CT molecular complexity index is 323. The Balaban J connectivity index is 3.06. The van der Waals surface area contributed by atoms with Crippen LogP contribution in [0.5, 0.6) is 0 Å². The Morgan fingerprint density at radius 2 is 1.28 bits per heavy atom. The van der Waals surface area contributed by atoms with Gasteiger partial charge in [0.05, 0.1) is 20.6 Å². The quantitative estimate of drug-likeness (QED) is 0.0846. The Morgan fingerprint density at radius 1 is 0.840 bits per heavy atom. The standard InChI is InChI=1S/C20H38Cl2O2Si/c1-2-16-19(23)24-17-14-12-10-8-6-4-3-5-7-9-11-13-15-18-25-20(21)22/h2,16,20H,3-15,17-18,25H2,1H3. The van der Waals surface area contributed by atoms with Crippen LogP contribution in [0.15, 0.2) is 12.2 Å². The van der Waals surface area contributed by atoms with Crippen LogP contribution in [0.2, 0.25) is 6.04 Å². The smallest absolute Gasteiger partial charge is 0.330 e. The van der Waals surface area contributed by atoms with Crippen LogP contribution in [-0.4, -0.2) is 26.6 Å². The predicted molar refractivity (Wildman–Crippen MR) is 115 cm³/mol. The van der Waals surface area contributed by atoms with Gasteiger partial charge < -0.3 is 4.74 Å². The lowest BCUT2D eigenvalue weighted by Gasteiger charge is -2.04. The Labute approximate surface area is 167 Å². The van der Waals surface area contributed by atoms with Crippen LogP contribution < -0.4 is 0 Å². The van der Waals surface area contributed by atoms with Gasteiger partial charge >= 0.3 is 5.97 Å². The molecule has 5 heteroatoms. The van der Waals surface area contributed by atoms with Gasteiger partial charge in [0.15, 0.2) is 0 Å². The molecule has 0 aromatic carbocycles. The molecule has 0 aromatic heterocycles. The van der Waals surface area contributed by atoms with Crippen LogP contribution in [0.25, 0.3) is 0 Å². The molecule has 0 spiro atoms. The van der Waals surface area contributed by atoms with Crippen LogP contribution in [0.3, 0.4) is 0 Å². The van der Waals surface area contributed by atoms with Gasteiger partial charge in [-0.15, -0.1) is 23.2 Å². The summed E-state index contributed by atoms with van der Waals surface area (Å²) in [6, 6.07) is 1.30. The fourth-order valence-corrected chi connectivity index (χ4v) is 4.76. The molecule has 25 heavy (non-hydrogen) atoms. The van der Waals surface area contributed by atoms with Gasteiger partial charge in [-0.05, 0) is 13.3 Å². The second kappa shape index (κ2) is 20.3. The van der Waals surface area contributed by atoms with E-state index >= 15 is 0 Å². The number of halogens is 2. The zero-order chi connectivity index (χ0) is 18.6. The molecule has 0 aliphatic rings. The summed E-state index contributed by atoms with van der Waals surface area (Å²) in [6.07, 6.45) is 20.2. The summed E-state index contributed by atoms with van der Waals surface area (Å²) in [4.78, 5) is 11.1. The van der Waals surface area contributed by atoms with Crippen molar-refractivity contribution in [1.29, 1.82) is 0 Å². The first-order valence-corrected chi connectivity index (χ1v) is 12.9. The molecule has 0 rings (SSSR count). The predicted octanol–water partition coefficient (Wildman–Crippen LogP) is 6.53. The largest absolute Gasteiger partial charge is 0.463 e. The minimum absolute atomic E-state index is 0.0410. The molecule has 0 bridgehead atoms. The fraction of sp³-hybridized carbons (Fsp3) is 0.850. The maximum atomic E-state index is 11.1. The van der Waals surface area contributed by atoms with E-state index in [-0.39, 0.29) is 19.9 Å². The second-order valence-electron chi connectivity index (χ2n) is 6.80. The molecular weight excluding hydrogens is 371 g/mol. The highest BCUT2D eigenvalue weighted by Gasteiger charge is 1.99. The minimum atomic E-state index is -0.219. The molecule has 0 saturated heterocycles. The summed E-state index contributed by atoms with van der Waals surface area (Å²) in [5.41, 5.74) is 0. The van der Waals surface area contributed by atoms with E-state index in [1.807, 2.05) is 6.92 Å². The van der Waals surface area contributed by atoms with E-state index in [0.717, 1.165) is 6.42 Å². The van der Waals surface area contributed by atoms with E-state index in [9.17, 15) is 4.79 Å². The Morgan fingerprint density at radius 3 is 1.72 bits per heavy atom. The molecule has 0 fully saturated rings. The highest BCUT2D eigenvalue weighted by molar-refractivity contribution is 6.68. The summed E-state index contributed by atoms with van der Waals surface area (Å²) >= 11 is 11.5. The van der Waals surface area contributed by atoms with Crippen LogP contribution in [0, 0.1) is 0 Å². The number of hydrogen-bond acceptors (Lipinski definition) is 2. The zero-order valence-electron chi connectivity index (χ0n) is 16.1. The number of rotatable bonds is 18. The summed E-state index contributed by atoms with van der Waals surface area (Å²) in [7, 11) is -0.217. The molecule has 0 N–H and O–H groups in total. The van der Waals surface area contributed by atoms with Crippen LogP contribution in [0.1, 0.15) is 90.4 Å². The molecule has 0 aromatic rings. The normalized spacial score (nSPS) is 12.0. The third-order valence-electron chi connectivity index (χ3n) is 4.36. The first kappa shape index (κ1) is 25.0. The number of carbonyl (C=O) groups is 1. The highest BCUT2D eigenvalue weighted by atomic mass is 35.5. The van der Waals surface area contributed by atoms with Gasteiger partial charge in [-0.3, -0.25) is 0 Å². The Kier molecular flexibility index (Phi) is 20.3. The Hall–Kier alpha value is 0.00688. The van der Waals surface area contributed by atoms with Crippen molar-refractivity contribution in [2.24, 2.45) is 0 Å². The first-order valence-electron chi connectivity index (χ1n) is 10.2. The average Bonchev–Trinajstić information content (AvgIpc) is 2.57. The second-order valence-corrected chi connectivity index (χ2v) is 11.2. The highest BCUT2D eigenvalue weighted by Crippen LogP contribution is 2.13. The summed E-state index contributed by atoms with van der Waals surface area (Å²) in [5.74, 6) is -0.219. The van der Waals surface area contributed by atoms with Gasteiger partial charge in [0, 0.05) is 6.08 Å². The number of hydrogen-bond donors (Lipinski definition) is 0. The lowest BCUT2D eigenvalue weighted by atomic mass is 10.0. The summed E-state index contributed by atoms with van der Waals surface area (Å²) < 4.78 is 5.03. The van der Waals surface area contributed by atoms with E-state index in [4.69, 9.17) is 27.9 Å². The topological polar surface area (TPSA) is 26.3 Å². The van der Waals surface area contributed by atoms with E-state index < -0.39 is 0 Å². The molecule has 0 amide bonds. The lowest BCUT2D eigenvalue weighted by molar-refractivity contribution is -0.137. The van der Waals surface area contributed by atoms with Crippen molar-refractivity contribution >= 4 is 38.7 Å². The number of esters is 1. The van der Waals surface area contributed by atoms with Crippen LogP contribution in [0.4, 0.5) is 0 Å². The number of ether oxygens (including phenoxy) is 1. The van der Waals surface area contributed by atoms with E-state index in [1.54, 1.807) is 6.08 Å². The van der Waals surface area contributed by atoms with Gasteiger partial charge in [-0.1, -0.05) is 89.2 Å². The molecule has 0 saturated carbocycles. The maximum Gasteiger partial charge on any atom is 0.330 e. The third kappa shape index (κ3) is 22.0. The zero-order valence-corrected chi connectivity index (χ0v) is 19.0. The monoisotopic (exact) mass is 408 g/mol. The van der Waals surface area contributed by atoms with Gasteiger partial charge in [0.25, 0.3) is 0 Å². The van der Waals surface area contributed by atoms with Crippen molar-refractivity contribution in [2.45, 2.75) is 101 Å². The minimum Gasteiger partial charge on any atom is -0.463 e. The average molecular weight is 410 g/mol. The molecule has 0 radical (unpaired) electrons.